The summed E-state index contributed by atoms with van der Waals surface area (Å²) in [5.41, 5.74) is 0. The second kappa shape index (κ2) is 9.34. The van der Waals surface area contributed by atoms with Crippen molar-refractivity contribution in [2.24, 2.45) is 5.92 Å². The molecule has 0 heterocycles. The van der Waals surface area contributed by atoms with Crippen LogP contribution in [0.2, 0.25) is 0 Å². The first kappa shape index (κ1) is 17.4. The molecule has 0 radical (unpaired) electrons. The molecule has 0 saturated heterocycles. The zero-order valence-electron chi connectivity index (χ0n) is 12.6. The number of carbonyl (C=O) groups is 1. The van der Waals surface area contributed by atoms with Gasteiger partial charge in [-0.05, 0) is 33.6 Å². The van der Waals surface area contributed by atoms with E-state index < -0.39 is 0 Å². The van der Waals surface area contributed by atoms with E-state index in [2.05, 4.69) is 0 Å². The van der Waals surface area contributed by atoms with Crippen molar-refractivity contribution in [1.82, 2.24) is 0 Å². The lowest BCUT2D eigenvalue weighted by Gasteiger charge is -2.19. The van der Waals surface area contributed by atoms with Crippen molar-refractivity contribution >= 4 is 5.97 Å². The minimum absolute atomic E-state index is 0.0545. The highest BCUT2D eigenvalue weighted by Crippen LogP contribution is 2.04. The van der Waals surface area contributed by atoms with Gasteiger partial charge in [-0.1, -0.05) is 13.8 Å². The van der Waals surface area contributed by atoms with Gasteiger partial charge in [0.05, 0.1) is 24.9 Å². The van der Waals surface area contributed by atoms with Crippen molar-refractivity contribution in [3.05, 3.63) is 0 Å². The quantitative estimate of drug-likeness (QED) is 0.598. The summed E-state index contributed by atoms with van der Waals surface area (Å²) in [4.78, 5) is 11.3. The maximum absolute atomic E-state index is 11.3. The topological polar surface area (TPSA) is 44.8 Å². The highest BCUT2D eigenvalue weighted by Gasteiger charge is 2.11. The highest BCUT2D eigenvalue weighted by atomic mass is 16.6. The van der Waals surface area contributed by atoms with Crippen LogP contribution in [-0.2, 0) is 19.0 Å². The summed E-state index contributed by atoms with van der Waals surface area (Å²) < 4.78 is 16.2. The average molecular weight is 260 g/mol. The molecule has 0 aliphatic rings. The summed E-state index contributed by atoms with van der Waals surface area (Å²) >= 11 is 0. The predicted molar refractivity (Wildman–Crippen MR) is 71.5 cm³/mol. The minimum Gasteiger partial charge on any atom is -0.463 e. The van der Waals surface area contributed by atoms with Crippen molar-refractivity contribution < 1.29 is 19.0 Å². The lowest BCUT2D eigenvalue weighted by atomic mass is 10.1. The third-order valence-corrected chi connectivity index (χ3v) is 2.17. The van der Waals surface area contributed by atoms with Crippen LogP contribution < -0.4 is 0 Å². The highest BCUT2D eigenvalue weighted by molar-refractivity contribution is 5.69. The third kappa shape index (κ3) is 10.5. The summed E-state index contributed by atoms with van der Waals surface area (Å²) in [6, 6.07) is 0. The molecule has 0 rings (SSSR count). The molecule has 0 N–H and O–H groups in total. The van der Waals surface area contributed by atoms with Crippen LogP contribution >= 0.6 is 0 Å². The van der Waals surface area contributed by atoms with E-state index in [9.17, 15) is 4.79 Å². The van der Waals surface area contributed by atoms with E-state index in [1.54, 1.807) is 0 Å². The van der Waals surface area contributed by atoms with Gasteiger partial charge in [0.1, 0.15) is 6.61 Å². The van der Waals surface area contributed by atoms with Gasteiger partial charge in [0.15, 0.2) is 0 Å². The molecular formula is C14H28O4. The van der Waals surface area contributed by atoms with Crippen LogP contribution in [0.3, 0.4) is 0 Å². The standard InChI is InChI=1S/C14H28O4/c1-10(2)7-14(15)17-8-12(5)16-9-13(6)18-11(3)4/h10-13H,7-9H2,1-6H3. The Labute approximate surface area is 111 Å². The van der Waals surface area contributed by atoms with Crippen molar-refractivity contribution in [1.29, 1.82) is 0 Å². The molecule has 2 unspecified atom stereocenters. The van der Waals surface area contributed by atoms with Crippen LogP contribution in [0.4, 0.5) is 0 Å². The number of hydrogen-bond acceptors (Lipinski definition) is 4. The normalized spacial score (nSPS) is 14.9. The molecule has 0 bridgehead atoms. The zero-order valence-corrected chi connectivity index (χ0v) is 12.6. The molecule has 0 saturated carbocycles. The van der Waals surface area contributed by atoms with Gasteiger partial charge in [0, 0.05) is 6.42 Å². The van der Waals surface area contributed by atoms with Gasteiger partial charge in [-0.25, -0.2) is 0 Å². The molecule has 4 heteroatoms. The van der Waals surface area contributed by atoms with Crippen LogP contribution in [0.5, 0.6) is 0 Å². The number of carbonyl (C=O) groups excluding carboxylic acids is 1. The Morgan fingerprint density at radius 3 is 2.06 bits per heavy atom. The van der Waals surface area contributed by atoms with Crippen molar-refractivity contribution in [2.45, 2.75) is 66.3 Å². The van der Waals surface area contributed by atoms with Crippen molar-refractivity contribution in [2.75, 3.05) is 13.2 Å². The first-order valence-electron chi connectivity index (χ1n) is 6.74. The average Bonchev–Trinajstić information content (AvgIpc) is 2.21. The van der Waals surface area contributed by atoms with E-state index >= 15 is 0 Å². The Balaban J connectivity index is 3.65. The number of esters is 1. The SMILES string of the molecule is CC(C)CC(=O)OCC(C)OCC(C)OC(C)C. The molecule has 0 fully saturated rings. The number of rotatable bonds is 9. The van der Waals surface area contributed by atoms with E-state index in [4.69, 9.17) is 14.2 Å². The van der Waals surface area contributed by atoms with Crippen LogP contribution in [0.1, 0.15) is 48.0 Å². The van der Waals surface area contributed by atoms with E-state index in [1.807, 2.05) is 41.5 Å². The summed E-state index contributed by atoms with van der Waals surface area (Å²) in [6.07, 6.45) is 0.612. The largest absolute Gasteiger partial charge is 0.463 e. The maximum Gasteiger partial charge on any atom is 0.306 e. The summed E-state index contributed by atoms with van der Waals surface area (Å²) in [5, 5.41) is 0. The van der Waals surface area contributed by atoms with Gasteiger partial charge in [0.25, 0.3) is 0 Å². The minimum atomic E-state index is -0.160. The first-order valence-corrected chi connectivity index (χ1v) is 6.74. The smallest absolute Gasteiger partial charge is 0.306 e. The molecule has 4 nitrogen and oxygen atoms in total. The predicted octanol–water partition coefficient (Wildman–Crippen LogP) is 2.79. The van der Waals surface area contributed by atoms with E-state index in [-0.39, 0.29) is 24.3 Å². The fourth-order valence-corrected chi connectivity index (χ4v) is 1.45. The molecule has 18 heavy (non-hydrogen) atoms. The Hall–Kier alpha value is -0.610. The van der Waals surface area contributed by atoms with Crippen LogP contribution in [0, 0.1) is 5.92 Å². The van der Waals surface area contributed by atoms with Gasteiger partial charge in [-0.3, -0.25) is 4.79 Å². The van der Waals surface area contributed by atoms with Crippen molar-refractivity contribution in [3.63, 3.8) is 0 Å². The molecule has 0 aliphatic heterocycles. The third-order valence-electron chi connectivity index (χ3n) is 2.17. The number of ether oxygens (including phenoxy) is 3. The second-order valence-electron chi connectivity index (χ2n) is 5.42. The first-order chi connectivity index (χ1) is 8.31. The summed E-state index contributed by atoms with van der Waals surface area (Å²) in [6.45, 7) is 12.7. The Bertz CT molecular complexity index is 226. The fraction of sp³-hybridized carbons (Fsp3) is 0.929. The van der Waals surface area contributed by atoms with Gasteiger partial charge in [-0.15, -0.1) is 0 Å². The van der Waals surface area contributed by atoms with Crippen LogP contribution in [-0.4, -0.2) is 37.5 Å². The number of hydrogen-bond donors (Lipinski definition) is 0. The van der Waals surface area contributed by atoms with Crippen LogP contribution in [0.25, 0.3) is 0 Å². The van der Waals surface area contributed by atoms with E-state index in [0.29, 0.717) is 25.6 Å². The maximum atomic E-state index is 11.3. The molecule has 2 atom stereocenters. The van der Waals surface area contributed by atoms with Crippen LogP contribution in [0.15, 0.2) is 0 Å². The van der Waals surface area contributed by atoms with E-state index in [1.165, 1.54) is 0 Å². The Morgan fingerprint density at radius 1 is 0.944 bits per heavy atom. The molecule has 0 amide bonds. The lowest BCUT2D eigenvalue weighted by Crippen LogP contribution is -2.26. The van der Waals surface area contributed by atoms with Gasteiger partial charge < -0.3 is 14.2 Å². The molecule has 0 aromatic carbocycles. The molecule has 0 aromatic rings. The monoisotopic (exact) mass is 260 g/mol. The summed E-state index contributed by atoms with van der Waals surface area (Å²) in [5.74, 6) is 0.167. The Morgan fingerprint density at radius 2 is 1.56 bits per heavy atom. The zero-order chi connectivity index (χ0) is 14.1. The van der Waals surface area contributed by atoms with Crippen molar-refractivity contribution in [3.8, 4) is 0 Å². The molecule has 0 aromatic heterocycles. The molecule has 0 spiro atoms. The Kier molecular flexibility index (Phi) is 9.02. The summed E-state index contributed by atoms with van der Waals surface area (Å²) in [7, 11) is 0. The van der Waals surface area contributed by atoms with Gasteiger partial charge in [-0.2, -0.15) is 0 Å². The fourth-order valence-electron chi connectivity index (χ4n) is 1.45. The molecule has 108 valence electrons. The van der Waals surface area contributed by atoms with Gasteiger partial charge >= 0.3 is 5.97 Å². The van der Waals surface area contributed by atoms with E-state index in [0.717, 1.165) is 0 Å². The second-order valence-corrected chi connectivity index (χ2v) is 5.42. The molecular weight excluding hydrogens is 232 g/mol. The molecule has 0 aliphatic carbocycles. The lowest BCUT2D eigenvalue weighted by molar-refractivity contribution is -0.149. The van der Waals surface area contributed by atoms with Gasteiger partial charge in [0.2, 0.25) is 0 Å².